The predicted molar refractivity (Wildman–Crippen MR) is 79.6 cm³/mol. The van der Waals surface area contributed by atoms with Gasteiger partial charge in [0.25, 0.3) is 0 Å². The maximum absolute atomic E-state index is 5.64. The lowest BCUT2D eigenvalue weighted by atomic mass is 9.75. The van der Waals surface area contributed by atoms with Gasteiger partial charge in [-0.25, -0.2) is 0 Å². The zero-order valence-electron chi connectivity index (χ0n) is 12.5. The molecule has 3 nitrogen and oxygen atoms in total. The molecule has 1 aliphatic rings. The standard InChI is InChI=1S/C16H27N3/c1-16(2,3)14-5-8-19(9-6-14)12-13-4-7-18-15(10-13)11-17/h4,7,10,14H,5-6,8-9,11-12,17H2,1-3H3. The van der Waals surface area contributed by atoms with Crippen LogP contribution >= 0.6 is 0 Å². The molecule has 3 heteroatoms. The normalized spacial score (nSPS) is 18.7. The van der Waals surface area contributed by atoms with Crippen LogP contribution < -0.4 is 5.73 Å². The second-order valence-corrected chi connectivity index (χ2v) is 6.78. The monoisotopic (exact) mass is 261 g/mol. The Morgan fingerprint density at radius 2 is 2.00 bits per heavy atom. The number of rotatable bonds is 3. The van der Waals surface area contributed by atoms with Gasteiger partial charge in [0.2, 0.25) is 0 Å². The van der Waals surface area contributed by atoms with E-state index in [9.17, 15) is 0 Å². The van der Waals surface area contributed by atoms with Gasteiger partial charge in [-0.15, -0.1) is 0 Å². The number of nitrogens with zero attached hydrogens (tertiary/aromatic N) is 2. The third kappa shape index (κ3) is 4.02. The number of piperidine rings is 1. The summed E-state index contributed by atoms with van der Waals surface area (Å²) in [7, 11) is 0. The second kappa shape index (κ2) is 6.02. The van der Waals surface area contributed by atoms with Gasteiger partial charge in [-0.3, -0.25) is 9.88 Å². The van der Waals surface area contributed by atoms with Crippen molar-refractivity contribution >= 4 is 0 Å². The highest BCUT2D eigenvalue weighted by Gasteiger charge is 2.28. The lowest BCUT2D eigenvalue weighted by Gasteiger charge is -2.38. The van der Waals surface area contributed by atoms with Crippen molar-refractivity contribution in [1.29, 1.82) is 0 Å². The second-order valence-electron chi connectivity index (χ2n) is 6.78. The smallest absolute Gasteiger partial charge is 0.0542 e. The van der Waals surface area contributed by atoms with E-state index in [1.165, 1.54) is 31.5 Å². The molecule has 2 heterocycles. The molecule has 0 atom stereocenters. The maximum atomic E-state index is 5.64. The van der Waals surface area contributed by atoms with Crippen LogP contribution in [0.2, 0.25) is 0 Å². The van der Waals surface area contributed by atoms with E-state index < -0.39 is 0 Å². The summed E-state index contributed by atoms with van der Waals surface area (Å²) < 4.78 is 0. The van der Waals surface area contributed by atoms with E-state index in [1.807, 2.05) is 6.20 Å². The first kappa shape index (κ1) is 14.5. The van der Waals surface area contributed by atoms with Crippen LogP contribution in [0.1, 0.15) is 44.9 Å². The number of hydrogen-bond acceptors (Lipinski definition) is 3. The van der Waals surface area contributed by atoms with Gasteiger partial charge >= 0.3 is 0 Å². The molecule has 1 fully saturated rings. The van der Waals surface area contributed by atoms with Gasteiger partial charge in [0.1, 0.15) is 0 Å². The molecule has 2 N–H and O–H groups in total. The summed E-state index contributed by atoms with van der Waals surface area (Å²) in [4.78, 5) is 6.81. The first-order valence-electron chi connectivity index (χ1n) is 7.35. The molecule has 19 heavy (non-hydrogen) atoms. The Morgan fingerprint density at radius 1 is 1.32 bits per heavy atom. The van der Waals surface area contributed by atoms with Gasteiger partial charge in [0.15, 0.2) is 0 Å². The van der Waals surface area contributed by atoms with Crippen LogP contribution in [-0.2, 0) is 13.1 Å². The van der Waals surface area contributed by atoms with Gasteiger partial charge in [-0.2, -0.15) is 0 Å². The summed E-state index contributed by atoms with van der Waals surface area (Å²) in [6.45, 7) is 11.1. The molecule has 1 saturated heterocycles. The molecule has 1 aromatic rings. The van der Waals surface area contributed by atoms with Gasteiger partial charge in [-0.1, -0.05) is 20.8 Å². The number of likely N-dealkylation sites (tertiary alicyclic amines) is 1. The third-order valence-corrected chi connectivity index (χ3v) is 4.31. The van der Waals surface area contributed by atoms with Crippen LogP contribution in [0, 0.1) is 11.3 Å². The van der Waals surface area contributed by atoms with Crippen molar-refractivity contribution in [3.05, 3.63) is 29.6 Å². The quantitative estimate of drug-likeness (QED) is 0.909. The maximum Gasteiger partial charge on any atom is 0.0542 e. The minimum absolute atomic E-state index is 0.454. The topological polar surface area (TPSA) is 42.2 Å². The number of hydrogen-bond donors (Lipinski definition) is 1. The minimum atomic E-state index is 0.454. The average Bonchev–Trinajstić information content (AvgIpc) is 2.38. The summed E-state index contributed by atoms with van der Waals surface area (Å²) in [5.74, 6) is 0.862. The number of aromatic nitrogens is 1. The summed E-state index contributed by atoms with van der Waals surface area (Å²) >= 11 is 0. The van der Waals surface area contributed by atoms with Gasteiger partial charge in [-0.05, 0) is 55.0 Å². The molecule has 1 aromatic heterocycles. The minimum Gasteiger partial charge on any atom is -0.325 e. The van der Waals surface area contributed by atoms with E-state index >= 15 is 0 Å². The zero-order valence-corrected chi connectivity index (χ0v) is 12.5. The van der Waals surface area contributed by atoms with Crippen LogP contribution in [0.15, 0.2) is 18.3 Å². The molecule has 0 saturated carbocycles. The van der Waals surface area contributed by atoms with E-state index in [-0.39, 0.29) is 0 Å². The molecular weight excluding hydrogens is 234 g/mol. The molecular formula is C16H27N3. The molecule has 0 amide bonds. The highest BCUT2D eigenvalue weighted by molar-refractivity contribution is 5.16. The highest BCUT2D eigenvalue weighted by atomic mass is 15.1. The molecule has 0 aliphatic carbocycles. The molecule has 0 bridgehead atoms. The largest absolute Gasteiger partial charge is 0.325 e. The van der Waals surface area contributed by atoms with Crippen LogP contribution in [-0.4, -0.2) is 23.0 Å². The van der Waals surface area contributed by atoms with E-state index in [0.717, 1.165) is 18.2 Å². The third-order valence-electron chi connectivity index (χ3n) is 4.31. The van der Waals surface area contributed by atoms with Crippen molar-refractivity contribution in [3.63, 3.8) is 0 Å². The van der Waals surface area contributed by atoms with Crippen molar-refractivity contribution < 1.29 is 0 Å². The fourth-order valence-electron chi connectivity index (χ4n) is 2.95. The van der Waals surface area contributed by atoms with Crippen LogP contribution in [0.5, 0.6) is 0 Å². The van der Waals surface area contributed by atoms with E-state index in [2.05, 4.69) is 42.8 Å². The van der Waals surface area contributed by atoms with Gasteiger partial charge in [0, 0.05) is 19.3 Å². The van der Waals surface area contributed by atoms with Crippen LogP contribution in [0.4, 0.5) is 0 Å². The highest BCUT2D eigenvalue weighted by Crippen LogP contribution is 2.34. The first-order valence-corrected chi connectivity index (χ1v) is 7.35. The lowest BCUT2D eigenvalue weighted by Crippen LogP contribution is -2.37. The molecule has 0 spiro atoms. The van der Waals surface area contributed by atoms with E-state index in [1.54, 1.807) is 0 Å². The summed E-state index contributed by atoms with van der Waals surface area (Å²) in [6, 6.07) is 4.24. The van der Waals surface area contributed by atoms with Crippen molar-refractivity contribution in [2.75, 3.05) is 13.1 Å². The summed E-state index contributed by atoms with van der Waals surface area (Å²) in [5.41, 5.74) is 8.42. The number of pyridine rings is 1. The van der Waals surface area contributed by atoms with Crippen molar-refractivity contribution in [1.82, 2.24) is 9.88 Å². The Balaban J connectivity index is 1.88. The lowest BCUT2D eigenvalue weighted by molar-refractivity contribution is 0.108. The van der Waals surface area contributed by atoms with Crippen LogP contribution in [0.3, 0.4) is 0 Å². The Hall–Kier alpha value is -0.930. The predicted octanol–water partition coefficient (Wildman–Crippen LogP) is 2.80. The summed E-state index contributed by atoms with van der Waals surface area (Å²) in [5, 5.41) is 0. The number of nitrogens with two attached hydrogens (primary N) is 1. The molecule has 1 aliphatic heterocycles. The average molecular weight is 261 g/mol. The van der Waals surface area contributed by atoms with E-state index in [0.29, 0.717) is 12.0 Å². The van der Waals surface area contributed by atoms with Gasteiger partial charge < -0.3 is 5.73 Å². The van der Waals surface area contributed by atoms with Crippen molar-refractivity contribution in [2.24, 2.45) is 17.1 Å². The fourth-order valence-corrected chi connectivity index (χ4v) is 2.95. The van der Waals surface area contributed by atoms with Crippen molar-refractivity contribution in [3.8, 4) is 0 Å². The molecule has 0 radical (unpaired) electrons. The fraction of sp³-hybridized carbons (Fsp3) is 0.688. The molecule has 0 aromatic carbocycles. The SMILES string of the molecule is CC(C)(C)C1CCN(Cc2ccnc(CN)c2)CC1. The molecule has 0 unspecified atom stereocenters. The van der Waals surface area contributed by atoms with Gasteiger partial charge in [0.05, 0.1) is 5.69 Å². The Morgan fingerprint density at radius 3 is 2.58 bits per heavy atom. The first-order chi connectivity index (χ1) is 8.99. The summed E-state index contributed by atoms with van der Waals surface area (Å²) in [6.07, 6.45) is 4.51. The van der Waals surface area contributed by atoms with Crippen LogP contribution in [0.25, 0.3) is 0 Å². The van der Waals surface area contributed by atoms with Crippen molar-refractivity contribution in [2.45, 2.75) is 46.7 Å². The molecule has 2 rings (SSSR count). The molecule has 106 valence electrons. The Kier molecular flexibility index (Phi) is 4.58. The Labute approximate surface area is 117 Å². The zero-order chi connectivity index (χ0) is 13.9. The Bertz CT molecular complexity index is 401. The van der Waals surface area contributed by atoms with E-state index in [4.69, 9.17) is 5.73 Å².